The minimum absolute atomic E-state index is 0. The number of aliphatic carboxylic acids is 2. The number of nitrogens with one attached hydrogen (secondary N) is 4. The molecule has 0 fully saturated rings. The van der Waals surface area contributed by atoms with E-state index in [9.17, 15) is 39.0 Å². The smallest absolute Gasteiger partial charge is 0.870 e. The fourth-order valence-corrected chi connectivity index (χ4v) is 10.6. The number of fused-ring (bicyclic) bond motifs is 2. The van der Waals surface area contributed by atoms with Gasteiger partial charge in [-0.1, -0.05) is 141 Å². The number of halogens is 4. The van der Waals surface area contributed by atoms with Gasteiger partial charge in [0.25, 0.3) is 11.8 Å². The number of Topliss-reactive ketones (excluding diaryl/α,β-unsaturated/α-hetero) is 2. The van der Waals surface area contributed by atoms with Crippen LogP contribution in [0.3, 0.4) is 0 Å². The maximum atomic E-state index is 13.0. The van der Waals surface area contributed by atoms with E-state index in [1.807, 2.05) is 107 Å². The number of ketones is 2. The van der Waals surface area contributed by atoms with Crippen LogP contribution in [-0.4, -0.2) is 120 Å². The zero-order valence-electron chi connectivity index (χ0n) is 47.3. The molecule has 0 saturated carbocycles. The van der Waals surface area contributed by atoms with E-state index in [1.165, 1.54) is 0 Å². The predicted octanol–water partition coefficient (Wildman–Crippen LogP) is 8.06. The predicted molar refractivity (Wildman–Crippen MR) is 365 cm³/mol. The molecule has 90 heavy (non-hydrogen) atoms. The number of carbonyl (C=O) groups excluding carboxylic acids is 4. The van der Waals surface area contributed by atoms with Gasteiger partial charge in [0.15, 0.2) is 0 Å². The Hall–Kier alpha value is -6.94. The van der Waals surface area contributed by atoms with E-state index in [2.05, 4.69) is 10.6 Å². The van der Waals surface area contributed by atoms with Crippen LogP contribution in [0.5, 0.6) is 11.5 Å². The van der Waals surface area contributed by atoms with E-state index in [4.69, 9.17) is 78.2 Å². The zero-order chi connectivity index (χ0) is 59.0. The van der Waals surface area contributed by atoms with Gasteiger partial charge in [-0.05, 0) is 94.8 Å². The molecule has 2 aliphatic heterocycles. The Labute approximate surface area is 571 Å². The molecule has 0 saturated heterocycles. The summed E-state index contributed by atoms with van der Waals surface area (Å²) in [5.74, 6) is -2.77. The third-order valence-electron chi connectivity index (χ3n) is 13.5. The molecule has 484 valence electrons. The monoisotopic (exact) mass is 1350 g/mol. The van der Waals surface area contributed by atoms with E-state index in [-0.39, 0.29) is 172 Å². The van der Waals surface area contributed by atoms with Gasteiger partial charge in [0.2, 0.25) is 0 Å². The summed E-state index contributed by atoms with van der Waals surface area (Å²) in [5, 5.41) is 39.7. The minimum atomic E-state index is -1.30. The standard InChI is InChI=1S/2C30H30Cl2N4O5.3CH4.Li.2H2O.2H2S/c2*31-22-16-20(19-4-2-1-3-5-19)17-23(32)28(22)29(38)35-24(30(39)40)8-7-21(37)10-11-36-12-13-41-26-9-6-18(14-25(26)36)15-27(33)34;;;;;;;;/h2*1-6,9,14,16-17,24H,7-8,10-13,15H2,(H3,33,34)(H,35,38)(H,39,40);3*1H4;;4*1H2/q;;;;;+1;;;;/p-1/t2*24-;;;;;;;;/m00......../s1. The summed E-state index contributed by atoms with van der Waals surface area (Å²) in [5.41, 5.74) is 17.6. The van der Waals surface area contributed by atoms with Gasteiger partial charge < -0.3 is 62.5 Å². The number of nitrogens with zero attached hydrogens (tertiary/aromatic N) is 2. The van der Waals surface area contributed by atoms with Crippen molar-refractivity contribution < 1.29 is 78.3 Å². The third kappa shape index (κ3) is 24.0. The average Bonchev–Trinajstić information content (AvgIpc) is 1.34. The van der Waals surface area contributed by atoms with Crippen LogP contribution >= 0.6 is 73.4 Å². The van der Waals surface area contributed by atoms with Crippen LogP contribution in [0, 0.1) is 10.8 Å². The van der Waals surface area contributed by atoms with Crippen molar-refractivity contribution in [2.75, 3.05) is 49.2 Å². The van der Waals surface area contributed by atoms with Gasteiger partial charge in [0.05, 0.1) is 67.4 Å². The van der Waals surface area contributed by atoms with E-state index < -0.39 is 35.8 Å². The van der Waals surface area contributed by atoms with Crippen molar-refractivity contribution in [2.24, 2.45) is 11.5 Å². The van der Waals surface area contributed by atoms with E-state index in [1.54, 1.807) is 24.3 Å². The van der Waals surface area contributed by atoms with Crippen LogP contribution in [0.1, 0.15) is 92.6 Å². The Bertz CT molecular complexity index is 3130. The number of ether oxygens (including phenoxy) is 2. The van der Waals surface area contributed by atoms with Gasteiger partial charge >= 0.3 is 30.8 Å². The van der Waals surface area contributed by atoms with Crippen molar-refractivity contribution in [1.82, 2.24) is 10.6 Å². The molecule has 8 rings (SSSR count). The number of carboxylic acid groups (broad SMARTS) is 2. The molecule has 20 nitrogen and oxygen atoms in total. The van der Waals surface area contributed by atoms with Crippen molar-refractivity contribution in [3.63, 3.8) is 0 Å². The average molecular weight is 1350 g/mol. The van der Waals surface area contributed by atoms with Crippen molar-refractivity contribution in [2.45, 2.75) is 85.7 Å². The zero-order valence-corrected chi connectivity index (χ0v) is 52.3. The van der Waals surface area contributed by atoms with Crippen molar-refractivity contribution in [1.29, 1.82) is 10.8 Å². The first-order chi connectivity index (χ1) is 39.2. The summed E-state index contributed by atoms with van der Waals surface area (Å²) in [6.45, 7) is 2.95. The maximum absolute atomic E-state index is 13.0. The summed E-state index contributed by atoms with van der Waals surface area (Å²) in [6, 6.07) is 33.7. The number of amides is 2. The van der Waals surface area contributed by atoms with E-state index in [0.29, 0.717) is 63.7 Å². The van der Waals surface area contributed by atoms with Crippen molar-refractivity contribution >= 4 is 132 Å². The Morgan fingerprint density at radius 2 is 0.844 bits per heavy atom. The molecule has 0 aromatic heterocycles. The maximum Gasteiger partial charge on any atom is 1.00 e. The first kappa shape index (κ1) is 85.1. The topological polar surface area (TPSA) is 353 Å². The molecular formula is C63H79Cl4LiN8O12S2. The Morgan fingerprint density at radius 1 is 0.522 bits per heavy atom. The number of carbonyl (C=O) groups is 6. The molecule has 2 aliphatic rings. The molecule has 2 atom stereocenters. The molecule has 2 heterocycles. The van der Waals surface area contributed by atoms with Gasteiger partial charge in [-0.25, -0.2) is 9.59 Å². The summed E-state index contributed by atoms with van der Waals surface area (Å²) in [7, 11) is 0. The number of anilines is 2. The number of carboxylic acids is 2. The molecule has 27 heteroatoms. The second-order valence-corrected chi connectivity index (χ2v) is 21.1. The number of amidine groups is 2. The summed E-state index contributed by atoms with van der Waals surface area (Å²) >= 11 is 25.5. The Balaban J connectivity index is 0. The fourth-order valence-electron chi connectivity index (χ4n) is 9.29. The molecule has 6 aromatic rings. The van der Waals surface area contributed by atoms with Gasteiger partial charge in [-0.2, -0.15) is 27.0 Å². The molecule has 0 radical (unpaired) electrons. The molecule has 0 bridgehead atoms. The van der Waals surface area contributed by atoms with Crippen LogP contribution < -0.4 is 60.2 Å². The SMILES string of the molecule is C.C.C.N=C(N)Cc1ccc2c(c1)N(CCC(=O)CC[C@H](NC(=O)c1c(Cl)cc(-c3ccccc3)cc1Cl)C(=O)O)CCO2.N=C(N)Cc1ccc2c(c1)N(CCC(=O)CC[C@H](NC(=O)c1c(Cl)cc(-c3ccccc3)cc1Cl)C(=O)O)CCO2.O.S.S.[Li+].[OH-]. The number of benzene rings is 6. The normalized spacial score (nSPS) is 11.9. The molecule has 0 unspecified atom stereocenters. The van der Waals surface area contributed by atoms with Crippen LogP contribution in [0.25, 0.3) is 22.3 Å². The fraction of sp³-hybridized carbons (Fsp3) is 0.302. The van der Waals surface area contributed by atoms with Crippen LogP contribution in [-0.2, 0) is 32.0 Å². The summed E-state index contributed by atoms with van der Waals surface area (Å²) < 4.78 is 11.4. The Kier molecular flexibility index (Phi) is 38.5. The molecular weight excluding hydrogens is 1270 g/mol. The molecule has 0 aliphatic carbocycles. The summed E-state index contributed by atoms with van der Waals surface area (Å²) in [4.78, 5) is 79.2. The largest absolute Gasteiger partial charge is 1.00 e. The van der Waals surface area contributed by atoms with Crippen molar-refractivity contribution in [3.05, 3.63) is 164 Å². The van der Waals surface area contributed by atoms with Crippen LogP contribution in [0.2, 0.25) is 20.1 Å². The molecule has 0 spiro atoms. The first-order valence-electron chi connectivity index (χ1n) is 26.1. The minimum Gasteiger partial charge on any atom is -0.870 e. The number of nitrogens with two attached hydrogens (primary N) is 2. The van der Waals surface area contributed by atoms with Crippen molar-refractivity contribution in [3.8, 4) is 33.8 Å². The van der Waals surface area contributed by atoms with Crippen LogP contribution in [0.4, 0.5) is 11.4 Å². The van der Waals surface area contributed by atoms with Gasteiger partial charge in [0, 0.05) is 51.6 Å². The Morgan fingerprint density at radius 3 is 1.14 bits per heavy atom. The first-order valence-corrected chi connectivity index (χ1v) is 27.6. The summed E-state index contributed by atoms with van der Waals surface area (Å²) in [6.07, 6.45) is 0.774. The molecule has 2 amide bonds. The van der Waals surface area contributed by atoms with Gasteiger partial charge in [-0.3, -0.25) is 30.0 Å². The number of hydrogen-bond acceptors (Lipinski definition) is 13. The van der Waals surface area contributed by atoms with E-state index in [0.717, 1.165) is 44.8 Å². The van der Waals surface area contributed by atoms with E-state index >= 15 is 0 Å². The number of hydrogen-bond donors (Lipinski definition) is 8. The second kappa shape index (κ2) is 40.7. The van der Waals surface area contributed by atoms with Gasteiger partial charge in [-0.15, -0.1) is 0 Å². The molecule has 13 N–H and O–H groups in total. The second-order valence-electron chi connectivity index (χ2n) is 19.4. The molecule has 6 aromatic carbocycles. The van der Waals surface area contributed by atoms with Gasteiger partial charge in [0.1, 0.15) is 48.4 Å². The quantitative estimate of drug-likeness (QED) is 0.0161. The van der Waals surface area contributed by atoms with Crippen LogP contribution in [0.15, 0.2) is 121 Å². The number of rotatable bonds is 24. The third-order valence-corrected chi connectivity index (χ3v) is 14.7.